The van der Waals surface area contributed by atoms with Crippen LogP contribution in [0.15, 0.2) is 51.8 Å². The number of Topliss-reactive ketones (excluding diaryl/α,β-unsaturated/α-hetero) is 1. The Hall–Kier alpha value is -1.26. The molecule has 0 amide bonds. The SMILES string of the molecule is COc1c(Br)cc(C(=O)CSc2ccccc2)cc1C(C)(C)C. The molecule has 0 saturated carbocycles. The van der Waals surface area contributed by atoms with E-state index in [1.807, 2.05) is 42.5 Å². The number of ether oxygens (including phenoxy) is 1. The molecule has 0 fully saturated rings. The van der Waals surface area contributed by atoms with Crippen molar-refractivity contribution < 1.29 is 9.53 Å². The zero-order valence-electron chi connectivity index (χ0n) is 13.9. The van der Waals surface area contributed by atoms with E-state index in [4.69, 9.17) is 4.74 Å². The second-order valence-electron chi connectivity index (χ2n) is 6.31. The van der Waals surface area contributed by atoms with Crippen molar-refractivity contribution in [1.82, 2.24) is 0 Å². The van der Waals surface area contributed by atoms with Crippen LogP contribution in [0.2, 0.25) is 0 Å². The minimum Gasteiger partial charge on any atom is -0.495 e. The number of thioether (sulfide) groups is 1. The van der Waals surface area contributed by atoms with Crippen molar-refractivity contribution in [2.45, 2.75) is 31.1 Å². The van der Waals surface area contributed by atoms with Gasteiger partial charge in [-0.2, -0.15) is 0 Å². The van der Waals surface area contributed by atoms with Crippen molar-refractivity contribution in [3.8, 4) is 5.75 Å². The number of benzene rings is 2. The molecule has 0 aliphatic carbocycles. The quantitative estimate of drug-likeness (QED) is 0.479. The van der Waals surface area contributed by atoms with Crippen LogP contribution in [-0.4, -0.2) is 18.6 Å². The summed E-state index contributed by atoms with van der Waals surface area (Å²) in [4.78, 5) is 13.7. The first-order chi connectivity index (χ1) is 10.8. The number of carbonyl (C=O) groups excluding carboxylic acids is 1. The summed E-state index contributed by atoms with van der Waals surface area (Å²) in [6.07, 6.45) is 0. The first kappa shape index (κ1) is 18.1. The Balaban J connectivity index is 2.25. The van der Waals surface area contributed by atoms with E-state index in [0.717, 1.165) is 20.7 Å². The Labute approximate surface area is 150 Å². The second-order valence-corrected chi connectivity index (χ2v) is 8.22. The molecule has 0 saturated heterocycles. The zero-order valence-corrected chi connectivity index (χ0v) is 16.3. The summed E-state index contributed by atoms with van der Waals surface area (Å²) in [6.45, 7) is 6.35. The van der Waals surface area contributed by atoms with E-state index in [1.165, 1.54) is 0 Å². The highest BCUT2D eigenvalue weighted by Crippen LogP contribution is 2.38. The van der Waals surface area contributed by atoms with Crippen LogP contribution in [0.25, 0.3) is 0 Å². The number of ketones is 1. The van der Waals surface area contributed by atoms with Gasteiger partial charge in [-0.3, -0.25) is 4.79 Å². The molecule has 0 N–H and O–H groups in total. The van der Waals surface area contributed by atoms with E-state index >= 15 is 0 Å². The molecule has 0 aromatic heterocycles. The molecule has 4 heteroatoms. The van der Waals surface area contributed by atoms with E-state index < -0.39 is 0 Å². The minimum absolute atomic E-state index is 0.100. The summed E-state index contributed by atoms with van der Waals surface area (Å²) in [5, 5.41) is 0. The zero-order chi connectivity index (χ0) is 17.0. The molecular weight excluding hydrogens is 372 g/mol. The van der Waals surface area contributed by atoms with Gasteiger partial charge >= 0.3 is 0 Å². The molecule has 23 heavy (non-hydrogen) atoms. The van der Waals surface area contributed by atoms with Gasteiger partial charge in [0.1, 0.15) is 5.75 Å². The molecule has 2 aromatic rings. The van der Waals surface area contributed by atoms with Crippen molar-refractivity contribution in [3.05, 3.63) is 58.1 Å². The van der Waals surface area contributed by atoms with Crippen LogP contribution in [0.5, 0.6) is 5.75 Å². The molecule has 0 unspecified atom stereocenters. The average molecular weight is 393 g/mol. The first-order valence-electron chi connectivity index (χ1n) is 7.42. The lowest BCUT2D eigenvalue weighted by Crippen LogP contribution is -2.15. The van der Waals surface area contributed by atoms with Gasteiger partial charge in [-0.1, -0.05) is 39.0 Å². The second kappa shape index (κ2) is 7.54. The lowest BCUT2D eigenvalue weighted by Gasteiger charge is -2.23. The number of hydrogen-bond donors (Lipinski definition) is 0. The summed E-state index contributed by atoms with van der Waals surface area (Å²) >= 11 is 5.09. The fourth-order valence-corrected chi connectivity index (χ4v) is 3.70. The van der Waals surface area contributed by atoms with Gasteiger partial charge in [0.15, 0.2) is 5.78 Å². The van der Waals surface area contributed by atoms with Crippen molar-refractivity contribution in [2.75, 3.05) is 12.9 Å². The summed E-state index contributed by atoms with van der Waals surface area (Å²) in [7, 11) is 1.65. The van der Waals surface area contributed by atoms with E-state index in [1.54, 1.807) is 18.9 Å². The predicted molar refractivity (Wildman–Crippen MR) is 101 cm³/mol. The molecular formula is C19H21BrO2S. The first-order valence-corrected chi connectivity index (χ1v) is 9.20. The van der Waals surface area contributed by atoms with Crippen LogP contribution in [-0.2, 0) is 5.41 Å². The van der Waals surface area contributed by atoms with Crippen LogP contribution in [0.3, 0.4) is 0 Å². The fraction of sp³-hybridized carbons (Fsp3) is 0.316. The summed E-state index contributed by atoms with van der Waals surface area (Å²) in [6, 6.07) is 13.8. The van der Waals surface area contributed by atoms with Gasteiger partial charge in [0.25, 0.3) is 0 Å². The van der Waals surface area contributed by atoms with E-state index in [9.17, 15) is 4.79 Å². The largest absolute Gasteiger partial charge is 0.495 e. The maximum atomic E-state index is 12.6. The van der Waals surface area contributed by atoms with Gasteiger partial charge in [-0.05, 0) is 45.6 Å². The molecule has 2 nitrogen and oxygen atoms in total. The van der Waals surface area contributed by atoms with Gasteiger partial charge in [-0.25, -0.2) is 0 Å². The number of hydrogen-bond acceptors (Lipinski definition) is 3. The summed E-state index contributed by atoms with van der Waals surface area (Å²) in [5.41, 5.74) is 1.64. The molecule has 0 radical (unpaired) electrons. The number of halogens is 1. The van der Waals surface area contributed by atoms with Gasteiger partial charge < -0.3 is 4.74 Å². The van der Waals surface area contributed by atoms with E-state index in [2.05, 4.69) is 36.7 Å². The summed E-state index contributed by atoms with van der Waals surface area (Å²) in [5.74, 6) is 1.34. The lowest BCUT2D eigenvalue weighted by atomic mass is 9.85. The van der Waals surface area contributed by atoms with Crippen LogP contribution >= 0.6 is 27.7 Å². The maximum Gasteiger partial charge on any atom is 0.173 e. The van der Waals surface area contributed by atoms with Crippen molar-refractivity contribution in [3.63, 3.8) is 0 Å². The fourth-order valence-electron chi connectivity index (χ4n) is 2.27. The van der Waals surface area contributed by atoms with Gasteiger partial charge in [0.05, 0.1) is 17.3 Å². The normalized spacial score (nSPS) is 11.3. The molecule has 122 valence electrons. The minimum atomic E-state index is -0.100. The Bertz CT molecular complexity index is 691. The molecule has 0 atom stereocenters. The van der Waals surface area contributed by atoms with E-state index in [0.29, 0.717) is 11.3 Å². The van der Waals surface area contributed by atoms with Crippen molar-refractivity contribution in [1.29, 1.82) is 0 Å². The van der Waals surface area contributed by atoms with Gasteiger partial charge in [0.2, 0.25) is 0 Å². The highest BCUT2D eigenvalue weighted by atomic mass is 79.9. The highest BCUT2D eigenvalue weighted by molar-refractivity contribution is 9.10. The molecule has 0 spiro atoms. The summed E-state index contributed by atoms with van der Waals surface area (Å²) < 4.78 is 6.32. The van der Waals surface area contributed by atoms with Crippen molar-refractivity contribution >= 4 is 33.5 Å². The smallest absolute Gasteiger partial charge is 0.173 e. The lowest BCUT2D eigenvalue weighted by molar-refractivity contribution is 0.102. The predicted octanol–water partition coefficient (Wildman–Crippen LogP) is 5.73. The third kappa shape index (κ3) is 4.61. The van der Waals surface area contributed by atoms with E-state index in [-0.39, 0.29) is 11.2 Å². The topological polar surface area (TPSA) is 26.3 Å². The highest BCUT2D eigenvalue weighted by Gasteiger charge is 2.23. The molecule has 0 bridgehead atoms. The third-order valence-corrected chi connectivity index (χ3v) is 5.09. The maximum absolute atomic E-state index is 12.6. The Kier molecular flexibility index (Phi) is 5.93. The van der Waals surface area contributed by atoms with Crippen LogP contribution in [0, 0.1) is 0 Å². The standard InChI is InChI=1S/C19H21BrO2S/c1-19(2,3)15-10-13(11-16(20)18(15)22-4)17(21)12-23-14-8-6-5-7-9-14/h5-11H,12H2,1-4H3. The number of carbonyl (C=O) groups is 1. The third-order valence-electron chi connectivity index (χ3n) is 3.49. The number of rotatable bonds is 5. The van der Waals surface area contributed by atoms with Crippen LogP contribution < -0.4 is 4.74 Å². The Morgan fingerprint density at radius 3 is 2.39 bits per heavy atom. The average Bonchev–Trinajstić information content (AvgIpc) is 2.52. The molecule has 2 rings (SSSR count). The van der Waals surface area contributed by atoms with Gasteiger partial charge in [0, 0.05) is 16.0 Å². The molecule has 0 aliphatic heterocycles. The monoisotopic (exact) mass is 392 g/mol. The van der Waals surface area contributed by atoms with Gasteiger partial charge in [-0.15, -0.1) is 11.8 Å². The molecule has 0 heterocycles. The Morgan fingerprint density at radius 2 is 1.83 bits per heavy atom. The van der Waals surface area contributed by atoms with Crippen LogP contribution in [0.4, 0.5) is 0 Å². The van der Waals surface area contributed by atoms with Crippen LogP contribution in [0.1, 0.15) is 36.7 Å². The Morgan fingerprint density at radius 1 is 1.17 bits per heavy atom. The molecule has 0 aliphatic rings. The number of methoxy groups -OCH3 is 1. The van der Waals surface area contributed by atoms with Crippen molar-refractivity contribution in [2.24, 2.45) is 0 Å². The molecule has 2 aromatic carbocycles.